The highest BCUT2D eigenvalue weighted by atomic mass is 16.6. The maximum absolute atomic E-state index is 11.7. The van der Waals surface area contributed by atoms with Crippen LogP contribution in [0.15, 0.2) is 0 Å². The van der Waals surface area contributed by atoms with Crippen LogP contribution in [0.2, 0.25) is 0 Å². The van der Waals surface area contributed by atoms with Crippen LogP contribution in [-0.2, 0) is 4.74 Å². The molecule has 112 valence electrons. The van der Waals surface area contributed by atoms with Gasteiger partial charge in [0.05, 0.1) is 0 Å². The quantitative estimate of drug-likeness (QED) is 0.817. The molecule has 5 heteroatoms. The van der Waals surface area contributed by atoms with Gasteiger partial charge in [0.1, 0.15) is 5.60 Å². The van der Waals surface area contributed by atoms with Crippen LogP contribution in [0.1, 0.15) is 47.0 Å². The minimum Gasteiger partial charge on any atom is -0.444 e. The molecular formula is C14H29N3O2. The molecule has 0 aliphatic carbocycles. The Kier molecular flexibility index (Phi) is 6.07. The Morgan fingerprint density at radius 3 is 2.68 bits per heavy atom. The number of likely N-dealkylation sites (tertiary alicyclic amines) is 1. The van der Waals surface area contributed by atoms with E-state index in [0.29, 0.717) is 19.1 Å². The van der Waals surface area contributed by atoms with Crippen molar-refractivity contribution in [3.05, 3.63) is 0 Å². The largest absolute Gasteiger partial charge is 0.444 e. The maximum atomic E-state index is 11.7. The summed E-state index contributed by atoms with van der Waals surface area (Å²) in [4.78, 5) is 14.1. The van der Waals surface area contributed by atoms with Gasteiger partial charge < -0.3 is 15.8 Å². The number of alkyl carbamates (subject to hydrolysis) is 1. The molecule has 1 aliphatic heterocycles. The number of nitrogens with one attached hydrogen (secondary N) is 1. The lowest BCUT2D eigenvalue weighted by molar-refractivity contribution is 0.0484. The number of amides is 1. The molecule has 1 heterocycles. The van der Waals surface area contributed by atoms with Crippen LogP contribution in [0.3, 0.4) is 0 Å². The van der Waals surface area contributed by atoms with E-state index in [1.165, 1.54) is 19.3 Å². The fourth-order valence-corrected chi connectivity index (χ4v) is 2.51. The summed E-state index contributed by atoms with van der Waals surface area (Å²) in [5, 5.41) is 2.83. The molecule has 1 aliphatic rings. The zero-order valence-corrected chi connectivity index (χ0v) is 12.7. The van der Waals surface area contributed by atoms with Gasteiger partial charge in [0.2, 0.25) is 0 Å². The Balaban J connectivity index is 2.42. The van der Waals surface area contributed by atoms with Crippen LogP contribution in [0, 0.1) is 0 Å². The topological polar surface area (TPSA) is 67.6 Å². The van der Waals surface area contributed by atoms with E-state index in [0.717, 1.165) is 6.54 Å². The first kappa shape index (κ1) is 16.2. The minimum absolute atomic E-state index is 0.197. The van der Waals surface area contributed by atoms with Gasteiger partial charge in [-0.2, -0.15) is 0 Å². The number of hydrogen-bond donors (Lipinski definition) is 2. The van der Waals surface area contributed by atoms with E-state index >= 15 is 0 Å². The van der Waals surface area contributed by atoms with Crippen LogP contribution in [0.5, 0.6) is 0 Å². The van der Waals surface area contributed by atoms with Crippen molar-refractivity contribution in [3.8, 4) is 0 Å². The van der Waals surface area contributed by atoms with Gasteiger partial charge in [0, 0.05) is 25.2 Å². The molecule has 1 fully saturated rings. The molecule has 0 radical (unpaired) electrons. The lowest BCUT2D eigenvalue weighted by Gasteiger charge is -2.39. The summed E-state index contributed by atoms with van der Waals surface area (Å²) in [6, 6.07) is 0.741. The van der Waals surface area contributed by atoms with Crippen LogP contribution in [0.25, 0.3) is 0 Å². The molecule has 3 N–H and O–H groups in total. The Bertz CT molecular complexity index is 289. The van der Waals surface area contributed by atoms with Crippen molar-refractivity contribution < 1.29 is 9.53 Å². The Hall–Kier alpha value is -0.810. The fourth-order valence-electron chi connectivity index (χ4n) is 2.51. The number of ether oxygens (including phenoxy) is 1. The fraction of sp³-hybridized carbons (Fsp3) is 0.929. The highest BCUT2D eigenvalue weighted by molar-refractivity contribution is 5.67. The summed E-state index contributed by atoms with van der Waals surface area (Å²) in [5.74, 6) is 0. The zero-order chi connectivity index (χ0) is 14.5. The van der Waals surface area contributed by atoms with Gasteiger partial charge >= 0.3 is 6.09 Å². The van der Waals surface area contributed by atoms with Crippen molar-refractivity contribution in [1.29, 1.82) is 0 Å². The van der Waals surface area contributed by atoms with Crippen molar-refractivity contribution in [2.45, 2.75) is 64.6 Å². The molecular weight excluding hydrogens is 242 g/mol. The SMILES string of the molecule is CC1CCCCN1C(CN)CNC(=O)OC(C)(C)C. The number of nitrogens with zero attached hydrogens (tertiary/aromatic N) is 1. The van der Waals surface area contributed by atoms with E-state index in [9.17, 15) is 4.79 Å². The van der Waals surface area contributed by atoms with Crippen molar-refractivity contribution in [1.82, 2.24) is 10.2 Å². The molecule has 0 aromatic rings. The van der Waals surface area contributed by atoms with Gasteiger partial charge in [-0.1, -0.05) is 6.42 Å². The third kappa shape index (κ3) is 5.78. The third-order valence-electron chi connectivity index (χ3n) is 3.48. The first-order valence-electron chi connectivity index (χ1n) is 7.26. The van der Waals surface area contributed by atoms with Gasteiger partial charge in [0.25, 0.3) is 0 Å². The minimum atomic E-state index is -0.458. The van der Waals surface area contributed by atoms with Crippen molar-refractivity contribution in [2.75, 3.05) is 19.6 Å². The predicted octanol–water partition coefficient (Wildman–Crippen LogP) is 1.71. The third-order valence-corrected chi connectivity index (χ3v) is 3.48. The van der Waals surface area contributed by atoms with Crippen molar-refractivity contribution in [2.24, 2.45) is 5.73 Å². The average Bonchev–Trinajstić information content (AvgIpc) is 2.29. The first-order valence-corrected chi connectivity index (χ1v) is 7.26. The molecule has 1 rings (SSSR count). The Labute approximate surface area is 116 Å². The van der Waals surface area contributed by atoms with Gasteiger partial charge in [-0.25, -0.2) is 4.79 Å². The molecule has 0 spiro atoms. The summed E-state index contributed by atoms with van der Waals surface area (Å²) in [7, 11) is 0. The number of hydrogen-bond acceptors (Lipinski definition) is 4. The second-order valence-electron chi connectivity index (χ2n) is 6.35. The van der Waals surface area contributed by atoms with E-state index in [1.807, 2.05) is 20.8 Å². The predicted molar refractivity (Wildman–Crippen MR) is 77.1 cm³/mol. The molecule has 0 bridgehead atoms. The standard InChI is InChI=1S/C14H29N3O2/c1-11-7-5-6-8-17(11)12(9-15)10-16-13(18)19-14(2,3)4/h11-12H,5-10,15H2,1-4H3,(H,16,18). The lowest BCUT2D eigenvalue weighted by Crippen LogP contribution is -2.53. The molecule has 0 aromatic carbocycles. The Morgan fingerprint density at radius 1 is 1.47 bits per heavy atom. The normalized spacial score (nSPS) is 22.9. The molecule has 2 unspecified atom stereocenters. The second kappa shape index (κ2) is 7.10. The van der Waals surface area contributed by atoms with Crippen LogP contribution < -0.4 is 11.1 Å². The number of nitrogens with two attached hydrogens (primary N) is 1. The van der Waals surface area contributed by atoms with E-state index < -0.39 is 5.60 Å². The molecule has 0 aromatic heterocycles. The van der Waals surface area contributed by atoms with Gasteiger partial charge in [-0.05, 0) is 47.1 Å². The van der Waals surface area contributed by atoms with Gasteiger partial charge in [-0.15, -0.1) is 0 Å². The second-order valence-corrected chi connectivity index (χ2v) is 6.35. The molecule has 5 nitrogen and oxygen atoms in total. The summed E-state index contributed by atoms with van der Waals surface area (Å²) in [6.45, 7) is 9.99. The number of carbonyl (C=O) groups excluding carboxylic acids is 1. The monoisotopic (exact) mass is 271 g/mol. The van der Waals surface area contributed by atoms with E-state index in [1.54, 1.807) is 0 Å². The molecule has 2 atom stereocenters. The maximum Gasteiger partial charge on any atom is 0.407 e. The summed E-state index contributed by atoms with van der Waals surface area (Å²) in [5.41, 5.74) is 5.39. The molecule has 1 saturated heterocycles. The number of rotatable bonds is 4. The number of piperidine rings is 1. The lowest BCUT2D eigenvalue weighted by atomic mass is 10.0. The molecule has 1 amide bonds. The van der Waals surface area contributed by atoms with Gasteiger partial charge in [0.15, 0.2) is 0 Å². The smallest absolute Gasteiger partial charge is 0.407 e. The van der Waals surface area contributed by atoms with Crippen molar-refractivity contribution in [3.63, 3.8) is 0 Å². The van der Waals surface area contributed by atoms with E-state index in [-0.39, 0.29) is 12.1 Å². The average molecular weight is 271 g/mol. The summed E-state index contributed by atoms with van der Waals surface area (Å²) < 4.78 is 5.24. The van der Waals surface area contributed by atoms with Crippen LogP contribution in [-0.4, -0.2) is 48.3 Å². The van der Waals surface area contributed by atoms with E-state index in [2.05, 4.69) is 17.1 Å². The molecule has 19 heavy (non-hydrogen) atoms. The Morgan fingerprint density at radius 2 is 2.16 bits per heavy atom. The van der Waals surface area contributed by atoms with Crippen LogP contribution >= 0.6 is 0 Å². The summed E-state index contributed by atoms with van der Waals surface area (Å²) in [6.07, 6.45) is 3.35. The van der Waals surface area contributed by atoms with Crippen molar-refractivity contribution >= 4 is 6.09 Å². The van der Waals surface area contributed by atoms with Crippen LogP contribution in [0.4, 0.5) is 4.79 Å². The zero-order valence-electron chi connectivity index (χ0n) is 12.7. The molecule has 0 saturated carbocycles. The number of carbonyl (C=O) groups is 1. The van der Waals surface area contributed by atoms with Gasteiger partial charge in [-0.3, -0.25) is 4.90 Å². The highest BCUT2D eigenvalue weighted by Crippen LogP contribution is 2.18. The first-order chi connectivity index (χ1) is 8.83. The van der Waals surface area contributed by atoms with E-state index in [4.69, 9.17) is 10.5 Å². The highest BCUT2D eigenvalue weighted by Gasteiger charge is 2.26. The summed E-state index contributed by atoms with van der Waals surface area (Å²) >= 11 is 0.